The number of hydrogen-bond acceptors (Lipinski definition) is 3. The molecule has 2 N–H and O–H groups in total. The first-order valence-electron chi connectivity index (χ1n) is 5.88. The summed E-state index contributed by atoms with van der Waals surface area (Å²) in [6.07, 6.45) is 1.91. The van der Waals surface area contributed by atoms with E-state index < -0.39 is 0 Å². The molecule has 19 heavy (non-hydrogen) atoms. The van der Waals surface area contributed by atoms with E-state index in [2.05, 4.69) is 4.98 Å². The minimum Gasteiger partial charge on any atom is -0.325 e. The molecule has 0 aliphatic carbocycles. The van der Waals surface area contributed by atoms with Gasteiger partial charge in [0.2, 0.25) is 0 Å². The molecule has 0 amide bonds. The van der Waals surface area contributed by atoms with Gasteiger partial charge in [-0.25, -0.2) is 9.37 Å². The zero-order chi connectivity index (χ0) is 13.2. The Labute approximate surface area is 114 Å². The number of hydrogen-bond donors (Lipinski definition) is 1. The number of nitrogens with zero attached hydrogens (tertiary/aromatic N) is 2. The number of pyridine rings is 1. The average molecular weight is 273 g/mol. The molecule has 5 heteroatoms. The van der Waals surface area contributed by atoms with E-state index in [9.17, 15) is 4.39 Å². The van der Waals surface area contributed by atoms with Crippen LogP contribution in [0, 0.1) is 5.82 Å². The summed E-state index contributed by atoms with van der Waals surface area (Å²) in [5.74, 6) is -0.243. The van der Waals surface area contributed by atoms with Gasteiger partial charge in [0.1, 0.15) is 16.5 Å². The molecule has 1 aromatic carbocycles. The summed E-state index contributed by atoms with van der Waals surface area (Å²) in [4.78, 5) is 5.06. The number of rotatable bonds is 3. The molecule has 3 nitrogen and oxygen atoms in total. The lowest BCUT2D eigenvalue weighted by Crippen LogP contribution is -2.01. The van der Waals surface area contributed by atoms with Crippen LogP contribution < -0.4 is 5.73 Å². The molecule has 3 aromatic rings. The van der Waals surface area contributed by atoms with Crippen molar-refractivity contribution >= 4 is 17.4 Å². The predicted octanol–water partition coefficient (Wildman–Crippen LogP) is 3.08. The molecule has 96 valence electrons. The second-order valence-corrected chi connectivity index (χ2v) is 5.06. The Morgan fingerprint density at radius 1 is 1.16 bits per heavy atom. The molecule has 0 fully saturated rings. The molecule has 0 spiro atoms. The molecular formula is C14H12FN3S. The highest BCUT2D eigenvalue weighted by Crippen LogP contribution is 2.31. The third-order valence-corrected chi connectivity index (χ3v) is 3.90. The van der Waals surface area contributed by atoms with E-state index in [4.69, 9.17) is 5.73 Å². The Hall–Kier alpha value is -1.85. The van der Waals surface area contributed by atoms with Crippen LogP contribution in [0.1, 0.15) is 5.69 Å². The summed E-state index contributed by atoms with van der Waals surface area (Å²) < 4.78 is 15.6. The van der Waals surface area contributed by atoms with Crippen molar-refractivity contribution < 1.29 is 4.39 Å². The third kappa shape index (κ3) is 2.22. The fourth-order valence-electron chi connectivity index (χ4n) is 1.92. The average Bonchev–Trinajstić information content (AvgIpc) is 2.78. The molecule has 2 aromatic heterocycles. The second kappa shape index (κ2) is 5.03. The highest BCUT2D eigenvalue weighted by Gasteiger charge is 2.13. The Balaban J connectivity index is 2.08. The Morgan fingerprint density at radius 3 is 2.74 bits per heavy atom. The van der Waals surface area contributed by atoms with Crippen molar-refractivity contribution in [1.29, 1.82) is 0 Å². The maximum absolute atomic E-state index is 13.7. The molecule has 0 aliphatic heterocycles. The van der Waals surface area contributed by atoms with Gasteiger partial charge >= 0.3 is 0 Å². The Kier molecular flexibility index (Phi) is 3.23. The standard InChI is InChI=1S/C14H12FN3S/c15-10-5-1-2-6-12(10)19-14-11(9-16)18-8-4-3-7-13(18)17-14/h1-8H,9,16H2. The normalized spacial score (nSPS) is 11.1. The van der Waals surface area contributed by atoms with Gasteiger partial charge in [-0.05, 0) is 24.3 Å². The predicted molar refractivity (Wildman–Crippen MR) is 73.6 cm³/mol. The van der Waals surface area contributed by atoms with Crippen molar-refractivity contribution in [2.24, 2.45) is 5.73 Å². The van der Waals surface area contributed by atoms with Crippen molar-refractivity contribution in [2.45, 2.75) is 16.5 Å². The van der Waals surface area contributed by atoms with Gasteiger partial charge in [-0.2, -0.15) is 0 Å². The highest BCUT2D eigenvalue weighted by molar-refractivity contribution is 7.99. The molecule has 0 unspecified atom stereocenters. The highest BCUT2D eigenvalue weighted by atomic mass is 32.2. The van der Waals surface area contributed by atoms with Gasteiger partial charge < -0.3 is 10.1 Å². The molecule has 0 atom stereocenters. The second-order valence-electron chi connectivity index (χ2n) is 4.03. The van der Waals surface area contributed by atoms with Crippen LogP contribution >= 0.6 is 11.8 Å². The zero-order valence-corrected chi connectivity index (χ0v) is 10.9. The monoisotopic (exact) mass is 273 g/mol. The smallest absolute Gasteiger partial charge is 0.138 e. The zero-order valence-electron chi connectivity index (χ0n) is 10.1. The van der Waals surface area contributed by atoms with Gasteiger partial charge in [0.05, 0.1) is 5.69 Å². The summed E-state index contributed by atoms with van der Waals surface area (Å²) in [5, 5.41) is 0.749. The van der Waals surface area contributed by atoms with E-state index in [1.165, 1.54) is 17.8 Å². The van der Waals surface area contributed by atoms with Crippen LogP contribution in [-0.4, -0.2) is 9.38 Å². The molecule has 0 radical (unpaired) electrons. The first kappa shape index (κ1) is 12.2. The number of imidazole rings is 1. The first-order chi connectivity index (χ1) is 9.29. The van der Waals surface area contributed by atoms with Crippen LogP contribution in [0.4, 0.5) is 4.39 Å². The fourth-order valence-corrected chi connectivity index (χ4v) is 2.88. The van der Waals surface area contributed by atoms with Crippen molar-refractivity contribution in [1.82, 2.24) is 9.38 Å². The van der Waals surface area contributed by atoms with Crippen molar-refractivity contribution in [2.75, 3.05) is 0 Å². The molecule has 0 bridgehead atoms. The third-order valence-electron chi connectivity index (χ3n) is 2.83. The van der Waals surface area contributed by atoms with E-state index in [0.29, 0.717) is 11.4 Å². The number of fused-ring (bicyclic) bond motifs is 1. The van der Waals surface area contributed by atoms with Crippen LogP contribution in [0.15, 0.2) is 58.6 Å². The fraction of sp³-hybridized carbons (Fsp3) is 0.0714. The molecule has 0 aliphatic rings. The maximum Gasteiger partial charge on any atom is 0.138 e. The van der Waals surface area contributed by atoms with E-state index in [-0.39, 0.29) is 5.82 Å². The minimum absolute atomic E-state index is 0.243. The molecular weight excluding hydrogens is 261 g/mol. The first-order valence-corrected chi connectivity index (χ1v) is 6.69. The molecule has 0 saturated carbocycles. The van der Waals surface area contributed by atoms with Gasteiger partial charge in [-0.3, -0.25) is 0 Å². The van der Waals surface area contributed by atoms with Gasteiger partial charge in [0, 0.05) is 17.6 Å². The molecule has 2 heterocycles. The van der Waals surface area contributed by atoms with Crippen molar-refractivity contribution in [3.8, 4) is 0 Å². The minimum atomic E-state index is -0.243. The van der Waals surface area contributed by atoms with Gasteiger partial charge in [0.15, 0.2) is 0 Å². The Morgan fingerprint density at radius 2 is 1.95 bits per heavy atom. The van der Waals surface area contributed by atoms with E-state index >= 15 is 0 Å². The van der Waals surface area contributed by atoms with Crippen LogP contribution in [0.5, 0.6) is 0 Å². The summed E-state index contributed by atoms with van der Waals surface area (Å²) >= 11 is 1.30. The van der Waals surface area contributed by atoms with E-state index in [1.54, 1.807) is 12.1 Å². The Bertz CT molecular complexity index is 724. The van der Waals surface area contributed by atoms with Crippen molar-refractivity contribution in [3.05, 3.63) is 60.2 Å². The lowest BCUT2D eigenvalue weighted by Gasteiger charge is -2.02. The molecule has 0 saturated heterocycles. The van der Waals surface area contributed by atoms with Crippen LogP contribution in [-0.2, 0) is 6.54 Å². The lowest BCUT2D eigenvalue weighted by molar-refractivity contribution is 0.602. The number of halogens is 1. The van der Waals surface area contributed by atoms with Gasteiger partial charge in [0.25, 0.3) is 0 Å². The molecule has 3 rings (SSSR count). The number of aromatic nitrogens is 2. The topological polar surface area (TPSA) is 43.3 Å². The lowest BCUT2D eigenvalue weighted by atomic mass is 10.3. The van der Waals surface area contributed by atoms with Gasteiger partial charge in [-0.15, -0.1) is 0 Å². The van der Waals surface area contributed by atoms with Crippen molar-refractivity contribution in [3.63, 3.8) is 0 Å². The summed E-state index contributed by atoms with van der Waals surface area (Å²) in [7, 11) is 0. The summed E-state index contributed by atoms with van der Waals surface area (Å²) in [5.41, 5.74) is 7.50. The van der Waals surface area contributed by atoms with Crippen LogP contribution in [0.2, 0.25) is 0 Å². The quantitative estimate of drug-likeness (QED) is 0.797. The largest absolute Gasteiger partial charge is 0.325 e. The van der Waals surface area contributed by atoms with E-state index in [1.807, 2.05) is 34.9 Å². The van der Waals surface area contributed by atoms with Gasteiger partial charge in [-0.1, -0.05) is 30.0 Å². The summed E-state index contributed by atoms with van der Waals surface area (Å²) in [6, 6.07) is 12.4. The number of benzene rings is 1. The SMILES string of the molecule is NCc1c(Sc2ccccc2F)nc2ccccn12. The van der Waals surface area contributed by atoms with E-state index in [0.717, 1.165) is 16.4 Å². The number of nitrogens with two attached hydrogens (primary N) is 1. The van der Waals surface area contributed by atoms with Crippen LogP contribution in [0.25, 0.3) is 5.65 Å². The summed E-state index contributed by atoms with van der Waals surface area (Å²) in [6.45, 7) is 0.363. The maximum atomic E-state index is 13.7. The van der Waals surface area contributed by atoms with Crippen LogP contribution in [0.3, 0.4) is 0 Å².